The molecule has 0 saturated carbocycles. The second kappa shape index (κ2) is 4.06. The quantitative estimate of drug-likeness (QED) is 0.677. The third-order valence-corrected chi connectivity index (χ3v) is 1.75. The molecule has 0 bridgehead atoms. The van der Waals surface area contributed by atoms with Crippen molar-refractivity contribution in [2.24, 2.45) is 5.10 Å². The first-order chi connectivity index (χ1) is 6.17. The standard InChI is InChI=1S/C7H12F2N4/c1-3-12(4-2)7-5-6(8)10-13(9)11-7/h5,11H,3-4H2,1-2H3. The van der Waals surface area contributed by atoms with Crippen molar-refractivity contribution in [3.8, 4) is 0 Å². The largest absolute Gasteiger partial charge is 0.357 e. The molecule has 0 spiro atoms. The Hall–Kier alpha value is -1.33. The van der Waals surface area contributed by atoms with Gasteiger partial charge in [0.1, 0.15) is 5.82 Å². The number of hydrazine groups is 1. The summed E-state index contributed by atoms with van der Waals surface area (Å²) in [6.07, 6.45) is 1.16. The van der Waals surface area contributed by atoms with E-state index in [0.717, 1.165) is 6.08 Å². The lowest BCUT2D eigenvalue weighted by Crippen LogP contribution is -2.39. The van der Waals surface area contributed by atoms with E-state index < -0.39 is 5.97 Å². The maximum Gasteiger partial charge on any atom is 0.239 e. The molecule has 13 heavy (non-hydrogen) atoms. The van der Waals surface area contributed by atoms with Crippen LogP contribution in [-0.4, -0.2) is 29.3 Å². The second-order valence-electron chi connectivity index (χ2n) is 2.50. The zero-order chi connectivity index (χ0) is 9.84. The summed E-state index contributed by atoms with van der Waals surface area (Å²) in [4.78, 5) is 1.78. The van der Waals surface area contributed by atoms with Gasteiger partial charge < -0.3 is 4.90 Å². The van der Waals surface area contributed by atoms with Gasteiger partial charge >= 0.3 is 0 Å². The number of hydrogen-bond donors (Lipinski definition) is 1. The minimum Gasteiger partial charge on any atom is -0.357 e. The van der Waals surface area contributed by atoms with Gasteiger partial charge in [0.05, 0.1) is 0 Å². The van der Waals surface area contributed by atoms with Crippen molar-refractivity contribution in [1.29, 1.82) is 0 Å². The third-order valence-electron chi connectivity index (χ3n) is 1.75. The molecule has 74 valence electrons. The van der Waals surface area contributed by atoms with Crippen LogP contribution in [0.25, 0.3) is 0 Å². The van der Waals surface area contributed by atoms with Crippen LogP contribution in [0.15, 0.2) is 17.0 Å². The van der Waals surface area contributed by atoms with Crippen LogP contribution in [0.2, 0.25) is 0 Å². The molecule has 0 amide bonds. The predicted octanol–water partition coefficient (Wildman–Crippen LogP) is 1.16. The van der Waals surface area contributed by atoms with E-state index in [0.29, 0.717) is 18.9 Å². The highest BCUT2D eigenvalue weighted by molar-refractivity contribution is 5.87. The van der Waals surface area contributed by atoms with E-state index in [1.165, 1.54) is 0 Å². The molecule has 1 heterocycles. The van der Waals surface area contributed by atoms with Crippen molar-refractivity contribution in [1.82, 2.24) is 15.7 Å². The van der Waals surface area contributed by atoms with E-state index in [4.69, 9.17) is 0 Å². The van der Waals surface area contributed by atoms with E-state index in [1.54, 1.807) is 4.90 Å². The van der Waals surface area contributed by atoms with Crippen LogP contribution in [0.4, 0.5) is 8.87 Å². The topological polar surface area (TPSA) is 30.9 Å². The number of allylic oxidation sites excluding steroid dienone is 1. The molecule has 0 unspecified atom stereocenters. The maximum atomic E-state index is 12.6. The normalized spacial score (nSPS) is 16.2. The molecular formula is C7H12F2N4. The lowest BCUT2D eigenvalue weighted by atomic mass is 10.4. The molecule has 0 aromatic heterocycles. The molecule has 0 aliphatic carbocycles. The Labute approximate surface area is 75.4 Å². The van der Waals surface area contributed by atoms with Crippen molar-refractivity contribution in [2.75, 3.05) is 13.1 Å². The Balaban J connectivity index is 2.74. The van der Waals surface area contributed by atoms with Gasteiger partial charge in [-0.15, -0.1) is 0 Å². The van der Waals surface area contributed by atoms with E-state index in [1.807, 2.05) is 13.8 Å². The first-order valence-corrected chi connectivity index (χ1v) is 4.10. The number of halogens is 2. The number of nitrogens with zero attached hydrogens (tertiary/aromatic N) is 3. The molecule has 0 aromatic carbocycles. The molecule has 0 aromatic rings. The van der Waals surface area contributed by atoms with E-state index >= 15 is 0 Å². The summed E-state index contributed by atoms with van der Waals surface area (Å²) in [5.41, 5.74) is 2.27. The fourth-order valence-electron chi connectivity index (χ4n) is 1.10. The first kappa shape index (κ1) is 9.76. The smallest absolute Gasteiger partial charge is 0.239 e. The molecule has 1 rings (SSSR count). The predicted molar refractivity (Wildman–Crippen MR) is 45.6 cm³/mol. The van der Waals surface area contributed by atoms with Gasteiger partial charge in [0.15, 0.2) is 0 Å². The van der Waals surface area contributed by atoms with Gasteiger partial charge in [-0.1, -0.05) is 9.58 Å². The molecule has 0 radical (unpaired) electrons. The molecule has 1 aliphatic heterocycles. The lowest BCUT2D eigenvalue weighted by molar-refractivity contribution is -0.0310. The number of nitrogens with one attached hydrogen (secondary N) is 1. The lowest BCUT2D eigenvalue weighted by Gasteiger charge is -2.27. The third kappa shape index (κ3) is 2.30. The van der Waals surface area contributed by atoms with Gasteiger partial charge in [-0.3, -0.25) is 0 Å². The Morgan fingerprint density at radius 3 is 2.62 bits per heavy atom. The second-order valence-corrected chi connectivity index (χ2v) is 2.50. The van der Waals surface area contributed by atoms with Crippen molar-refractivity contribution >= 4 is 5.97 Å². The van der Waals surface area contributed by atoms with E-state index in [9.17, 15) is 8.87 Å². The molecule has 6 heteroatoms. The van der Waals surface area contributed by atoms with Gasteiger partial charge in [0, 0.05) is 19.2 Å². The summed E-state index contributed by atoms with van der Waals surface area (Å²) in [6.45, 7) is 5.16. The van der Waals surface area contributed by atoms with Crippen molar-refractivity contribution in [3.05, 3.63) is 11.9 Å². The molecule has 0 atom stereocenters. The summed E-state index contributed by atoms with van der Waals surface area (Å²) in [5, 5.41) is 2.75. The summed E-state index contributed by atoms with van der Waals surface area (Å²) in [7, 11) is 0. The van der Waals surface area contributed by atoms with Gasteiger partial charge in [-0.05, 0) is 19.2 Å². The minimum absolute atomic E-state index is 0.136. The van der Waals surface area contributed by atoms with E-state index in [2.05, 4.69) is 10.5 Å². The fraction of sp³-hybridized carbons (Fsp3) is 0.571. The fourth-order valence-corrected chi connectivity index (χ4v) is 1.10. The number of rotatable bonds is 3. The molecule has 1 aliphatic rings. The monoisotopic (exact) mass is 190 g/mol. The summed E-state index contributed by atoms with van der Waals surface area (Å²) in [5.74, 6) is -0.469. The average molecular weight is 190 g/mol. The molecule has 0 fully saturated rings. The van der Waals surface area contributed by atoms with Crippen LogP contribution in [0, 0.1) is 0 Å². The zero-order valence-electron chi connectivity index (χ0n) is 7.59. The Kier molecular flexibility index (Phi) is 3.05. The number of hydrazone groups is 1. The van der Waals surface area contributed by atoms with Gasteiger partial charge in [-0.25, -0.2) is 5.43 Å². The van der Waals surface area contributed by atoms with Crippen molar-refractivity contribution < 1.29 is 8.87 Å². The Morgan fingerprint density at radius 2 is 2.15 bits per heavy atom. The molecule has 4 nitrogen and oxygen atoms in total. The van der Waals surface area contributed by atoms with Crippen LogP contribution in [0.5, 0.6) is 0 Å². The van der Waals surface area contributed by atoms with Gasteiger partial charge in [0.25, 0.3) is 0 Å². The molecular weight excluding hydrogens is 178 g/mol. The summed E-state index contributed by atoms with van der Waals surface area (Å²) < 4.78 is 25.2. The highest BCUT2D eigenvalue weighted by atomic mass is 19.2. The maximum absolute atomic E-state index is 12.6. The summed E-state index contributed by atoms with van der Waals surface area (Å²) in [6, 6.07) is 0. The zero-order valence-corrected chi connectivity index (χ0v) is 7.59. The highest BCUT2D eigenvalue weighted by Gasteiger charge is 2.15. The molecule has 1 N–H and O–H groups in total. The Morgan fingerprint density at radius 1 is 1.54 bits per heavy atom. The van der Waals surface area contributed by atoms with Crippen molar-refractivity contribution in [2.45, 2.75) is 13.8 Å². The van der Waals surface area contributed by atoms with Gasteiger partial charge in [0.2, 0.25) is 5.97 Å². The van der Waals surface area contributed by atoms with Crippen LogP contribution in [0.3, 0.4) is 0 Å². The SMILES string of the molecule is CCN(CC)C1=CC(F)=NN(F)N1. The van der Waals surface area contributed by atoms with E-state index in [-0.39, 0.29) is 5.34 Å². The van der Waals surface area contributed by atoms with Crippen LogP contribution in [0.1, 0.15) is 13.8 Å². The van der Waals surface area contributed by atoms with Crippen LogP contribution >= 0.6 is 0 Å². The van der Waals surface area contributed by atoms with Crippen LogP contribution < -0.4 is 5.43 Å². The van der Waals surface area contributed by atoms with Gasteiger partial charge in [-0.2, -0.15) is 4.39 Å². The first-order valence-electron chi connectivity index (χ1n) is 4.10. The summed E-state index contributed by atoms with van der Waals surface area (Å²) >= 11 is 0. The Bertz CT molecular complexity index is 235. The average Bonchev–Trinajstić information content (AvgIpc) is 2.04. The van der Waals surface area contributed by atoms with Crippen molar-refractivity contribution in [3.63, 3.8) is 0 Å². The molecule has 0 saturated heterocycles. The van der Waals surface area contributed by atoms with Crippen LogP contribution in [-0.2, 0) is 0 Å². The minimum atomic E-state index is -0.844. The highest BCUT2D eigenvalue weighted by Crippen LogP contribution is 2.08. The number of hydrogen-bond acceptors (Lipinski definition) is 4.